The van der Waals surface area contributed by atoms with E-state index in [2.05, 4.69) is 25.8 Å². The van der Waals surface area contributed by atoms with E-state index in [-0.39, 0.29) is 18.1 Å². The van der Waals surface area contributed by atoms with Gasteiger partial charge in [-0.3, -0.25) is 4.79 Å². The second-order valence-electron chi connectivity index (χ2n) is 7.56. The number of likely N-dealkylation sites (tertiary alicyclic amines) is 1. The molecule has 0 aromatic rings. The predicted octanol–water partition coefficient (Wildman–Crippen LogP) is 2.77. The fourth-order valence-electron chi connectivity index (χ4n) is 3.96. The third-order valence-electron chi connectivity index (χ3n) is 5.29. The number of carbonyl (C=O) groups is 1. The Morgan fingerprint density at radius 3 is 2.73 bits per heavy atom. The zero-order valence-electron chi connectivity index (χ0n) is 14.9. The van der Waals surface area contributed by atoms with Gasteiger partial charge in [-0.05, 0) is 51.1 Å². The number of rotatable bonds is 6. The first-order valence-electron chi connectivity index (χ1n) is 9.08. The van der Waals surface area contributed by atoms with Gasteiger partial charge in [0.15, 0.2) is 0 Å². The molecule has 0 radical (unpaired) electrons. The van der Waals surface area contributed by atoms with Gasteiger partial charge in [-0.15, -0.1) is 0 Å². The first kappa shape index (κ1) is 17.7. The summed E-state index contributed by atoms with van der Waals surface area (Å²) in [6.45, 7) is 7.48. The fraction of sp³-hybridized carbons (Fsp3) is 0.944. The van der Waals surface area contributed by atoms with E-state index in [4.69, 9.17) is 4.74 Å². The van der Waals surface area contributed by atoms with Crippen molar-refractivity contribution in [2.75, 3.05) is 33.7 Å². The van der Waals surface area contributed by atoms with Crippen molar-refractivity contribution in [2.24, 2.45) is 11.8 Å². The Balaban J connectivity index is 1.82. The molecule has 1 aliphatic carbocycles. The van der Waals surface area contributed by atoms with Gasteiger partial charge in [-0.25, -0.2) is 0 Å². The number of nitrogens with zero attached hydrogens (tertiary/aromatic N) is 2. The molecule has 1 saturated heterocycles. The maximum absolute atomic E-state index is 12.7. The zero-order chi connectivity index (χ0) is 16.1. The van der Waals surface area contributed by atoms with Crippen LogP contribution in [0.5, 0.6) is 0 Å². The minimum Gasteiger partial charge on any atom is -0.365 e. The van der Waals surface area contributed by atoms with E-state index in [0.29, 0.717) is 5.92 Å². The van der Waals surface area contributed by atoms with E-state index >= 15 is 0 Å². The normalized spacial score (nSPS) is 31.2. The van der Waals surface area contributed by atoms with Crippen molar-refractivity contribution < 1.29 is 9.53 Å². The van der Waals surface area contributed by atoms with Gasteiger partial charge < -0.3 is 14.5 Å². The summed E-state index contributed by atoms with van der Waals surface area (Å²) in [4.78, 5) is 16.9. The molecule has 0 aromatic carbocycles. The minimum atomic E-state index is -0.251. The van der Waals surface area contributed by atoms with Crippen LogP contribution in [0.2, 0.25) is 0 Å². The molecule has 0 aromatic heterocycles. The lowest BCUT2D eigenvalue weighted by Gasteiger charge is -2.32. The molecule has 0 unspecified atom stereocenters. The second kappa shape index (κ2) is 8.30. The molecule has 4 nitrogen and oxygen atoms in total. The summed E-state index contributed by atoms with van der Waals surface area (Å²) in [6, 6.07) is 0. The highest BCUT2D eigenvalue weighted by Crippen LogP contribution is 2.27. The van der Waals surface area contributed by atoms with E-state index in [1.165, 1.54) is 19.3 Å². The molecule has 2 rings (SSSR count). The molecule has 2 fully saturated rings. The Morgan fingerprint density at radius 2 is 2.14 bits per heavy atom. The topological polar surface area (TPSA) is 32.8 Å². The number of ether oxygens (including phenoxy) is 1. The summed E-state index contributed by atoms with van der Waals surface area (Å²) in [6.07, 6.45) is 6.78. The van der Waals surface area contributed by atoms with Gasteiger partial charge in [-0.1, -0.05) is 26.7 Å². The molecule has 4 heteroatoms. The van der Waals surface area contributed by atoms with Crippen LogP contribution in [0.15, 0.2) is 0 Å². The van der Waals surface area contributed by atoms with E-state index in [9.17, 15) is 4.79 Å². The first-order chi connectivity index (χ1) is 10.5. The van der Waals surface area contributed by atoms with Crippen molar-refractivity contribution in [2.45, 2.75) is 64.6 Å². The molecular weight excluding hydrogens is 276 g/mol. The summed E-state index contributed by atoms with van der Waals surface area (Å²) < 4.78 is 6.18. The Bertz CT molecular complexity index is 361. The monoisotopic (exact) mass is 310 g/mol. The van der Waals surface area contributed by atoms with Crippen LogP contribution in [0.1, 0.15) is 52.4 Å². The van der Waals surface area contributed by atoms with E-state index in [1.54, 1.807) is 0 Å². The van der Waals surface area contributed by atoms with Gasteiger partial charge in [0.1, 0.15) is 6.10 Å². The highest BCUT2D eigenvalue weighted by molar-refractivity contribution is 5.80. The van der Waals surface area contributed by atoms with Crippen molar-refractivity contribution in [3.8, 4) is 0 Å². The number of likely N-dealkylation sites (N-methyl/N-ethyl adjacent to an activating group) is 1. The Labute approximate surface area is 136 Å². The van der Waals surface area contributed by atoms with Crippen molar-refractivity contribution in [1.82, 2.24) is 9.80 Å². The van der Waals surface area contributed by atoms with Gasteiger partial charge in [-0.2, -0.15) is 0 Å². The van der Waals surface area contributed by atoms with Crippen molar-refractivity contribution in [3.05, 3.63) is 0 Å². The average Bonchev–Trinajstić information content (AvgIpc) is 2.89. The number of amides is 1. The van der Waals surface area contributed by atoms with Crippen LogP contribution in [0, 0.1) is 11.8 Å². The first-order valence-corrected chi connectivity index (χ1v) is 9.08. The van der Waals surface area contributed by atoms with Gasteiger partial charge in [0.2, 0.25) is 0 Å². The highest BCUT2D eigenvalue weighted by atomic mass is 16.5. The maximum atomic E-state index is 12.7. The molecule has 22 heavy (non-hydrogen) atoms. The molecule has 2 aliphatic rings. The molecule has 0 bridgehead atoms. The molecule has 0 N–H and O–H groups in total. The summed E-state index contributed by atoms with van der Waals surface area (Å²) in [5, 5.41) is 0. The minimum absolute atomic E-state index is 0.176. The third-order valence-corrected chi connectivity index (χ3v) is 5.29. The fourth-order valence-corrected chi connectivity index (χ4v) is 3.96. The van der Waals surface area contributed by atoms with E-state index < -0.39 is 0 Å². The number of hydrogen-bond acceptors (Lipinski definition) is 3. The molecule has 1 saturated carbocycles. The lowest BCUT2D eigenvalue weighted by atomic mass is 9.88. The Morgan fingerprint density at radius 1 is 1.36 bits per heavy atom. The van der Waals surface area contributed by atoms with E-state index in [1.807, 2.05) is 11.9 Å². The van der Waals surface area contributed by atoms with Crippen LogP contribution in [-0.2, 0) is 9.53 Å². The largest absolute Gasteiger partial charge is 0.365 e. The lowest BCUT2D eigenvalue weighted by Crippen LogP contribution is -2.42. The molecule has 1 aliphatic heterocycles. The maximum Gasteiger partial charge on any atom is 0.251 e. The van der Waals surface area contributed by atoms with Crippen molar-refractivity contribution in [3.63, 3.8) is 0 Å². The van der Waals surface area contributed by atoms with Crippen LogP contribution >= 0.6 is 0 Å². The lowest BCUT2D eigenvalue weighted by molar-refractivity contribution is -0.149. The van der Waals surface area contributed by atoms with Gasteiger partial charge >= 0.3 is 0 Å². The quantitative estimate of drug-likeness (QED) is 0.756. The number of hydrogen-bond donors (Lipinski definition) is 0. The highest BCUT2D eigenvalue weighted by Gasteiger charge is 2.29. The average molecular weight is 310 g/mol. The van der Waals surface area contributed by atoms with E-state index in [0.717, 1.165) is 44.8 Å². The molecule has 0 spiro atoms. The smallest absolute Gasteiger partial charge is 0.251 e. The number of carbonyl (C=O) groups excluding carboxylic acids is 1. The predicted molar refractivity (Wildman–Crippen MR) is 89.8 cm³/mol. The molecular formula is C18H34N2O2. The Hall–Kier alpha value is -0.610. The summed E-state index contributed by atoms with van der Waals surface area (Å²) in [7, 11) is 4.10. The summed E-state index contributed by atoms with van der Waals surface area (Å²) >= 11 is 0. The molecule has 1 heterocycles. The van der Waals surface area contributed by atoms with Crippen LogP contribution in [-0.4, -0.2) is 61.6 Å². The van der Waals surface area contributed by atoms with Gasteiger partial charge in [0.05, 0.1) is 6.10 Å². The third kappa shape index (κ3) is 4.95. The second-order valence-corrected chi connectivity index (χ2v) is 7.56. The van der Waals surface area contributed by atoms with Crippen molar-refractivity contribution in [1.29, 1.82) is 0 Å². The van der Waals surface area contributed by atoms with Gasteiger partial charge in [0, 0.05) is 20.1 Å². The molecule has 128 valence electrons. The molecule has 1 amide bonds. The van der Waals surface area contributed by atoms with Crippen LogP contribution in [0.25, 0.3) is 0 Å². The summed E-state index contributed by atoms with van der Waals surface area (Å²) in [5.41, 5.74) is 0. The van der Waals surface area contributed by atoms with Crippen LogP contribution in [0.4, 0.5) is 0 Å². The zero-order valence-corrected chi connectivity index (χ0v) is 14.9. The Kier molecular flexibility index (Phi) is 6.69. The van der Waals surface area contributed by atoms with Gasteiger partial charge in [0.25, 0.3) is 5.91 Å². The SMILES string of the molecule is CC[C@H](O[C@@H]1CCC[C@@H](C)C1)C(=O)N(C)C[C@@H]1CCN(C)C1. The standard InChI is InChI=1S/C18H34N2O2/c1-5-17(22-16-8-6-7-14(2)11-16)18(21)20(4)13-15-9-10-19(3)12-15/h14-17H,5-13H2,1-4H3/t14-,15-,16-,17+/m1/s1. The molecule has 4 atom stereocenters. The van der Waals surface area contributed by atoms with Crippen LogP contribution in [0.3, 0.4) is 0 Å². The summed E-state index contributed by atoms with van der Waals surface area (Å²) in [5.74, 6) is 1.53. The van der Waals surface area contributed by atoms with Crippen LogP contribution < -0.4 is 0 Å². The van der Waals surface area contributed by atoms with Crippen molar-refractivity contribution >= 4 is 5.91 Å².